The normalized spacial score (nSPS) is 11.9. The van der Waals surface area contributed by atoms with E-state index in [-0.39, 0.29) is 18.4 Å². The Kier molecular flexibility index (Phi) is 8.50. The lowest BCUT2D eigenvalue weighted by atomic mass is 9.96. The lowest BCUT2D eigenvalue weighted by Gasteiger charge is -2.16. The summed E-state index contributed by atoms with van der Waals surface area (Å²) in [6.07, 6.45) is 0.698. The average molecular weight is 526 g/mol. The van der Waals surface area contributed by atoms with Crippen LogP contribution in [0, 0.1) is 6.92 Å². The van der Waals surface area contributed by atoms with Crippen LogP contribution in [0.25, 0.3) is 5.69 Å². The Morgan fingerprint density at radius 3 is 2.54 bits per heavy atom. The number of aryl methyl sites for hydroxylation is 1. The molecule has 0 fully saturated rings. The van der Waals surface area contributed by atoms with Crippen LogP contribution in [0.15, 0.2) is 78.0 Å². The third-order valence-corrected chi connectivity index (χ3v) is 7.19. The summed E-state index contributed by atoms with van der Waals surface area (Å²) in [5.41, 5.74) is 4.10. The van der Waals surface area contributed by atoms with E-state index >= 15 is 0 Å². The first-order chi connectivity index (χ1) is 17.0. The van der Waals surface area contributed by atoms with Crippen molar-refractivity contribution in [3.8, 4) is 5.69 Å². The zero-order valence-corrected chi connectivity index (χ0v) is 21.9. The lowest BCUT2D eigenvalue weighted by Crippen LogP contribution is -2.29. The molecule has 1 atom stereocenters. The van der Waals surface area contributed by atoms with Crippen molar-refractivity contribution in [1.29, 1.82) is 0 Å². The maximum atomic E-state index is 13.0. The molecule has 0 radical (unpaired) electrons. The summed E-state index contributed by atoms with van der Waals surface area (Å²) in [7, 11) is 0. The van der Waals surface area contributed by atoms with Crippen molar-refractivity contribution in [1.82, 2.24) is 20.1 Å². The zero-order chi connectivity index (χ0) is 24.8. The summed E-state index contributed by atoms with van der Waals surface area (Å²) in [4.78, 5) is 13.0. The van der Waals surface area contributed by atoms with E-state index in [9.17, 15) is 4.79 Å². The minimum atomic E-state index is -0.234. The van der Waals surface area contributed by atoms with Gasteiger partial charge in [0, 0.05) is 10.8 Å². The smallest absolute Gasteiger partial charge is 0.227 e. The van der Waals surface area contributed by atoms with Crippen molar-refractivity contribution in [3.05, 3.63) is 105 Å². The van der Waals surface area contributed by atoms with Gasteiger partial charge in [-0.2, -0.15) is 0 Å². The van der Waals surface area contributed by atoms with Crippen molar-refractivity contribution >= 4 is 40.9 Å². The summed E-state index contributed by atoms with van der Waals surface area (Å²) in [5, 5.41) is 13.6. The molecule has 5 nitrogen and oxygen atoms in total. The molecule has 0 saturated heterocycles. The highest BCUT2D eigenvalue weighted by atomic mass is 35.5. The highest BCUT2D eigenvalue weighted by molar-refractivity contribution is 7.98. The molecule has 0 aliphatic rings. The monoisotopic (exact) mass is 524 g/mol. The van der Waals surface area contributed by atoms with Crippen LogP contribution in [0.1, 0.15) is 41.8 Å². The standard InChI is InChI=1S/C27H26Cl2N4OS/c1-3-22(20-10-5-4-6-11-20)26(34)30-16-25-31-32-27(35-17-19-9-7-8-18(2)14-19)33(25)24-13-12-21(28)15-23(24)29/h4-15,22H,3,16-17H2,1-2H3,(H,30,34). The van der Waals surface area contributed by atoms with Crippen LogP contribution in [0.5, 0.6) is 0 Å². The molecule has 180 valence electrons. The van der Waals surface area contributed by atoms with Gasteiger partial charge in [-0.25, -0.2) is 0 Å². The lowest BCUT2D eigenvalue weighted by molar-refractivity contribution is -0.122. The Morgan fingerprint density at radius 1 is 1.03 bits per heavy atom. The van der Waals surface area contributed by atoms with E-state index in [1.165, 1.54) is 11.1 Å². The van der Waals surface area contributed by atoms with Crippen LogP contribution in [-0.4, -0.2) is 20.7 Å². The van der Waals surface area contributed by atoms with Crippen molar-refractivity contribution in [2.75, 3.05) is 0 Å². The van der Waals surface area contributed by atoms with E-state index in [1.54, 1.807) is 23.9 Å². The number of aromatic nitrogens is 3. The number of benzene rings is 3. The highest BCUT2D eigenvalue weighted by Crippen LogP contribution is 2.31. The number of nitrogens with one attached hydrogen (secondary N) is 1. The summed E-state index contributed by atoms with van der Waals surface area (Å²) < 4.78 is 1.89. The third-order valence-electron chi connectivity index (χ3n) is 5.65. The van der Waals surface area contributed by atoms with Gasteiger partial charge in [0.25, 0.3) is 0 Å². The molecule has 0 saturated carbocycles. The minimum absolute atomic E-state index is 0.0515. The quantitative estimate of drug-likeness (QED) is 0.240. The molecule has 35 heavy (non-hydrogen) atoms. The minimum Gasteiger partial charge on any atom is -0.348 e. The number of hydrogen-bond acceptors (Lipinski definition) is 4. The van der Waals surface area contributed by atoms with Gasteiger partial charge < -0.3 is 5.32 Å². The predicted octanol–water partition coefficient (Wildman–Crippen LogP) is 6.98. The second-order valence-corrected chi connectivity index (χ2v) is 9.98. The number of amides is 1. The van der Waals surface area contributed by atoms with Gasteiger partial charge in [-0.1, -0.05) is 102 Å². The number of halogens is 2. The molecule has 1 heterocycles. The van der Waals surface area contributed by atoms with E-state index < -0.39 is 0 Å². The van der Waals surface area contributed by atoms with Gasteiger partial charge in [0.1, 0.15) is 0 Å². The van der Waals surface area contributed by atoms with Crippen LogP contribution in [0.2, 0.25) is 10.0 Å². The van der Waals surface area contributed by atoms with E-state index in [4.69, 9.17) is 23.2 Å². The van der Waals surface area contributed by atoms with Crippen LogP contribution in [0.3, 0.4) is 0 Å². The van der Waals surface area contributed by atoms with Crippen LogP contribution >= 0.6 is 35.0 Å². The number of rotatable bonds is 9. The molecule has 1 aromatic heterocycles. The van der Waals surface area contributed by atoms with Crippen molar-refractivity contribution in [2.24, 2.45) is 0 Å². The Morgan fingerprint density at radius 2 is 1.83 bits per heavy atom. The largest absolute Gasteiger partial charge is 0.348 e. The number of nitrogens with zero attached hydrogens (tertiary/aromatic N) is 3. The van der Waals surface area contributed by atoms with Gasteiger partial charge in [0.15, 0.2) is 11.0 Å². The fourth-order valence-electron chi connectivity index (χ4n) is 3.91. The molecule has 0 aliphatic carbocycles. The van der Waals surface area contributed by atoms with Gasteiger partial charge in [0.2, 0.25) is 5.91 Å². The molecule has 0 bridgehead atoms. The zero-order valence-electron chi connectivity index (χ0n) is 19.5. The number of hydrogen-bond donors (Lipinski definition) is 1. The van der Waals surface area contributed by atoms with E-state index in [0.717, 1.165) is 11.3 Å². The fraction of sp³-hybridized carbons (Fsp3) is 0.222. The summed E-state index contributed by atoms with van der Waals surface area (Å²) >= 11 is 14.3. The molecule has 4 aromatic rings. The molecular weight excluding hydrogens is 499 g/mol. The number of carbonyl (C=O) groups is 1. The average Bonchev–Trinajstić information content (AvgIpc) is 3.25. The molecule has 1 N–H and O–H groups in total. The molecule has 3 aromatic carbocycles. The molecular formula is C27H26Cl2N4OS. The third kappa shape index (κ3) is 6.26. The highest BCUT2D eigenvalue weighted by Gasteiger charge is 2.21. The maximum absolute atomic E-state index is 13.0. The summed E-state index contributed by atoms with van der Waals surface area (Å²) in [6.45, 7) is 4.30. The van der Waals surface area contributed by atoms with Crippen LogP contribution in [0.4, 0.5) is 0 Å². The first kappa shape index (κ1) is 25.3. The van der Waals surface area contributed by atoms with Crippen LogP contribution < -0.4 is 5.32 Å². The topological polar surface area (TPSA) is 59.8 Å². The number of thioether (sulfide) groups is 1. The van der Waals surface area contributed by atoms with E-state index in [0.29, 0.717) is 33.1 Å². The van der Waals surface area contributed by atoms with E-state index in [2.05, 4.69) is 40.6 Å². The van der Waals surface area contributed by atoms with Gasteiger partial charge in [-0.15, -0.1) is 10.2 Å². The van der Waals surface area contributed by atoms with Gasteiger partial charge in [0.05, 0.1) is 23.2 Å². The van der Waals surface area contributed by atoms with E-state index in [1.807, 2.05) is 54.0 Å². The summed E-state index contributed by atoms with van der Waals surface area (Å²) in [5.74, 6) is 1.03. The Hall–Kier alpha value is -2.80. The summed E-state index contributed by atoms with van der Waals surface area (Å²) in [6, 6.07) is 23.5. The SMILES string of the molecule is CCC(C(=O)NCc1nnc(SCc2cccc(C)c2)n1-c1ccc(Cl)cc1Cl)c1ccccc1. The Bertz CT molecular complexity index is 1310. The Balaban J connectivity index is 1.59. The van der Waals surface area contributed by atoms with Crippen molar-refractivity contribution in [2.45, 2.75) is 43.6 Å². The molecule has 4 rings (SSSR count). The molecule has 0 aliphatic heterocycles. The van der Waals surface area contributed by atoms with Gasteiger partial charge >= 0.3 is 0 Å². The molecule has 0 spiro atoms. The van der Waals surface area contributed by atoms with Crippen molar-refractivity contribution in [3.63, 3.8) is 0 Å². The first-order valence-corrected chi connectivity index (χ1v) is 13.1. The molecule has 8 heteroatoms. The number of carbonyl (C=O) groups excluding carboxylic acids is 1. The molecule has 1 unspecified atom stereocenters. The predicted molar refractivity (Wildman–Crippen MR) is 143 cm³/mol. The van der Waals surface area contributed by atoms with Gasteiger partial charge in [-0.3, -0.25) is 9.36 Å². The first-order valence-electron chi connectivity index (χ1n) is 11.4. The maximum Gasteiger partial charge on any atom is 0.227 e. The van der Waals surface area contributed by atoms with Crippen LogP contribution in [-0.2, 0) is 17.1 Å². The van der Waals surface area contributed by atoms with Gasteiger partial charge in [-0.05, 0) is 42.7 Å². The second kappa shape index (κ2) is 11.8. The molecule has 1 amide bonds. The fourth-order valence-corrected chi connectivity index (χ4v) is 5.31. The second-order valence-electron chi connectivity index (χ2n) is 8.20. The Labute approximate surface area is 219 Å². The van der Waals surface area contributed by atoms with Crippen molar-refractivity contribution < 1.29 is 4.79 Å².